The highest BCUT2D eigenvalue weighted by Gasteiger charge is 2.13. The number of benzene rings is 3. The van der Waals surface area contributed by atoms with Gasteiger partial charge in [-0.1, -0.05) is 72.8 Å². The fraction of sp³-hybridized carbons (Fsp3) is 0.148. The van der Waals surface area contributed by atoms with Crippen molar-refractivity contribution in [2.45, 2.75) is 13.0 Å². The van der Waals surface area contributed by atoms with Crippen LogP contribution in [0.15, 0.2) is 91.0 Å². The number of halogens is 1. The lowest BCUT2D eigenvalue weighted by Gasteiger charge is -2.18. The fourth-order valence-electron chi connectivity index (χ4n) is 3.87. The van der Waals surface area contributed by atoms with E-state index in [9.17, 15) is 0 Å². The van der Waals surface area contributed by atoms with Crippen LogP contribution in [0, 0.1) is 0 Å². The molecule has 2 heterocycles. The van der Waals surface area contributed by atoms with Crippen molar-refractivity contribution in [3.63, 3.8) is 0 Å². The maximum atomic E-state index is 6.28. The Labute approximate surface area is 203 Å². The van der Waals surface area contributed by atoms with Gasteiger partial charge in [-0.2, -0.15) is 4.52 Å². The number of hydrogen-bond acceptors (Lipinski definition) is 5. The molecule has 0 bridgehead atoms. The molecule has 0 radical (unpaired) electrons. The smallest absolute Gasteiger partial charge is 0.246 e. The highest BCUT2D eigenvalue weighted by Crippen LogP contribution is 2.34. The normalized spacial score (nSPS) is 11.3. The maximum Gasteiger partial charge on any atom is 0.246 e. The summed E-state index contributed by atoms with van der Waals surface area (Å²) < 4.78 is 7.74. The zero-order valence-corrected chi connectivity index (χ0v) is 19.6. The molecular formula is C27H24ClN5O. The molecule has 0 saturated carbocycles. The summed E-state index contributed by atoms with van der Waals surface area (Å²) in [5.41, 5.74) is 5.13. The summed E-state index contributed by atoms with van der Waals surface area (Å²) in [6.45, 7) is 1.77. The second kappa shape index (κ2) is 10.0. The summed E-state index contributed by atoms with van der Waals surface area (Å²) in [6, 6.07) is 30.6. The molecule has 0 saturated heterocycles. The third kappa shape index (κ3) is 5.09. The van der Waals surface area contributed by atoms with Crippen LogP contribution in [-0.2, 0) is 13.0 Å². The van der Waals surface area contributed by atoms with Crippen LogP contribution in [0.2, 0.25) is 5.28 Å². The van der Waals surface area contributed by atoms with E-state index in [1.165, 1.54) is 10.1 Å². The van der Waals surface area contributed by atoms with E-state index in [1.807, 2.05) is 24.3 Å². The summed E-state index contributed by atoms with van der Waals surface area (Å²) in [4.78, 5) is 2.32. The SMILES string of the molecule is CN(CCc1ccccc1)Cc1ccc(-c2ccccc2)c(Oc2ccc3nnc(Cl)n3n2)c1. The van der Waals surface area contributed by atoms with Crippen molar-refractivity contribution in [3.8, 4) is 22.8 Å². The lowest BCUT2D eigenvalue weighted by Crippen LogP contribution is -2.20. The van der Waals surface area contributed by atoms with Crippen LogP contribution in [0.25, 0.3) is 16.8 Å². The maximum absolute atomic E-state index is 6.28. The third-order valence-electron chi connectivity index (χ3n) is 5.62. The molecule has 7 heteroatoms. The molecule has 170 valence electrons. The van der Waals surface area contributed by atoms with Gasteiger partial charge >= 0.3 is 0 Å². The van der Waals surface area contributed by atoms with E-state index in [2.05, 4.69) is 81.8 Å². The minimum absolute atomic E-state index is 0.192. The van der Waals surface area contributed by atoms with E-state index in [4.69, 9.17) is 16.3 Å². The van der Waals surface area contributed by atoms with Crippen molar-refractivity contribution in [3.05, 3.63) is 107 Å². The highest BCUT2D eigenvalue weighted by molar-refractivity contribution is 6.28. The van der Waals surface area contributed by atoms with Gasteiger partial charge in [0.2, 0.25) is 11.2 Å². The Kier molecular flexibility index (Phi) is 6.51. The predicted octanol–water partition coefficient (Wildman–Crippen LogP) is 5.91. The minimum atomic E-state index is 0.192. The van der Waals surface area contributed by atoms with Crippen molar-refractivity contribution in [2.24, 2.45) is 0 Å². The summed E-state index contributed by atoms with van der Waals surface area (Å²) in [5.74, 6) is 1.15. The van der Waals surface area contributed by atoms with Crippen molar-refractivity contribution in [1.29, 1.82) is 0 Å². The Balaban J connectivity index is 1.40. The molecule has 5 aromatic rings. The largest absolute Gasteiger partial charge is 0.437 e. The van der Waals surface area contributed by atoms with Crippen LogP contribution in [-0.4, -0.2) is 38.3 Å². The number of hydrogen-bond donors (Lipinski definition) is 0. The monoisotopic (exact) mass is 469 g/mol. The summed E-state index contributed by atoms with van der Waals surface area (Å²) in [5, 5.41) is 12.5. The second-order valence-corrected chi connectivity index (χ2v) is 8.52. The van der Waals surface area contributed by atoms with Gasteiger partial charge in [-0.3, -0.25) is 0 Å². The van der Waals surface area contributed by atoms with Crippen LogP contribution >= 0.6 is 11.6 Å². The Morgan fingerprint density at radius 1 is 0.853 bits per heavy atom. The van der Waals surface area contributed by atoms with E-state index in [-0.39, 0.29) is 5.28 Å². The van der Waals surface area contributed by atoms with Gasteiger partial charge in [0, 0.05) is 24.7 Å². The predicted molar refractivity (Wildman–Crippen MR) is 134 cm³/mol. The number of rotatable bonds is 8. The summed E-state index contributed by atoms with van der Waals surface area (Å²) in [7, 11) is 2.14. The van der Waals surface area contributed by atoms with E-state index in [1.54, 1.807) is 12.1 Å². The molecule has 2 aromatic heterocycles. The molecule has 0 unspecified atom stereocenters. The van der Waals surface area contributed by atoms with E-state index < -0.39 is 0 Å². The van der Waals surface area contributed by atoms with Gasteiger partial charge in [-0.15, -0.1) is 15.3 Å². The van der Waals surface area contributed by atoms with Crippen molar-refractivity contribution in [1.82, 2.24) is 24.7 Å². The van der Waals surface area contributed by atoms with Crippen LogP contribution in [0.5, 0.6) is 11.6 Å². The molecule has 0 aliphatic carbocycles. The number of likely N-dealkylation sites (N-methyl/N-ethyl adjacent to an activating group) is 1. The molecule has 3 aromatic carbocycles. The fourth-order valence-corrected chi connectivity index (χ4v) is 4.04. The molecule has 34 heavy (non-hydrogen) atoms. The topological polar surface area (TPSA) is 55.5 Å². The zero-order valence-electron chi connectivity index (χ0n) is 18.8. The third-order valence-corrected chi connectivity index (χ3v) is 5.86. The highest BCUT2D eigenvalue weighted by atomic mass is 35.5. The average Bonchev–Trinajstić information content (AvgIpc) is 3.24. The molecule has 5 rings (SSSR count). The lowest BCUT2D eigenvalue weighted by atomic mass is 10.0. The molecule has 0 aliphatic heterocycles. The van der Waals surface area contributed by atoms with Gasteiger partial charge in [0.1, 0.15) is 5.75 Å². The van der Waals surface area contributed by atoms with Crippen molar-refractivity contribution < 1.29 is 4.74 Å². The Morgan fingerprint density at radius 2 is 1.62 bits per heavy atom. The molecule has 0 aliphatic rings. The first-order chi connectivity index (χ1) is 16.7. The number of ether oxygens (including phenoxy) is 1. The summed E-state index contributed by atoms with van der Waals surface area (Å²) in [6.07, 6.45) is 1.01. The van der Waals surface area contributed by atoms with Gasteiger partial charge in [0.05, 0.1) is 0 Å². The van der Waals surface area contributed by atoms with E-state index in [0.29, 0.717) is 11.5 Å². The second-order valence-electron chi connectivity index (χ2n) is 8.18. The first-order valence-electron chi connectivity index (χ1n) is 11.1. The molecule has 6 nitrogen and oxygen atoms in total. The minimum Gasteiger partial charge on any atom is -0.437 e. The van der Waals surface area contributed by atoms with Gasteiger partial charge in [-0.05, 0) is 53.9 Å². The van der Waals surface area contributed by atoms with Crippen LogP contribution in [0.3, 0.4) is 0 Å². The van der Waals surface area contributed by atoms with Crippen LogP contribution in [0.1, 0.15) is 11.1 Å². The van der Waals surface area contributed by atoms with Crippen LogP contribution in [0.4, 0.5) is 0 Å². The van der Waals surface area contributed by atoms with Gasteiger partial charge in [0.15, 0.2) is 5.65 Å². The Bertz CT molecular complexity index is 1390. The van der Waals surface area contributed by atoms with Crippen LogP contribution < -0.4 is 4.74 Å². The molecule has 0 amide bonds. The van der Waals surface area contributed by atoms with E-state index >= 15 is 0 Å². The Morgan fingerprint density at radius 3 is 2.41 bits per heavy atom. The van der Waals surface area contributed by atoms with Gasteiger partial charge in [0.25, 0.3) is 0 Å². The van der Waals surface area contributed by atoms with Gasteiger partial charge < -0.3 is 9.64 Å². The first-order valence-corrected chi connectivity index (χ1v) is 11.5. The molecule has 0 atom stereocenters. The number of nitrogens with zero attached hydrogens (tertiary/aromatic N) is 5. The number of aromatic nitrogens is 4. The lowest BCUT2D eigenvalue weighted by molar-refractivity contribution is 0.330. The standard InChI is InChI=1S/C27H24ClN5O/c1-32(17-16-20-8-4-2-5-9-20)19-21-12-13-23(22-10-6-3-7-11-22)24(18-21)34-26-15-14-25-29-30-27(28)33(25)31-26/h2-15,18H,16-17,19H2,1H3. The molecule has 0 spiro atoms. The zero-order chi connectivity index (χ0) is 23.3. The van der Waals surface area contributed by atoms with Crippen molar-refractivity contribution in [2.75, 3.05) is 13.6 Å². The van der Waals surface area contributed by atoms with Gasteiger partial charge in [-0.25, -0.2) is 0 Å². The molecule has 0 N–H and O–H groups in total. The first kappa shape index (κ1) is 22.1. The van der Waals surface area contributed by atoms with E-state index in [0.717, 1.165) is 42.0 Å². The molecule has 0 fully saturated rings. The average molecular weight is 470 g/mol. The van der Waals surface area contributed by atoms with Crippen molar-refractivity contribution >= 4 is 17.2 Å². The Hall–Kier alpha value is -3.74. The summed E-state index contributed by atoms with van der Waals surface area (Å²) >= 11 is 6.10. The molecular weight excluding hydrogens is 446 g/mol. The number of fused-ring (bicyclic) bond motifs is 1. The quantitative estimate of drug-likeness (QED) is 0.282.